The number of aryl methyl sites for hydroxylation is 2. The number of carbonyl (C=O) groups is 1. The topological polar surface area (TPSA) is 54.3 Å². The highest BCUT2D eigenvalue weighted by molar-refractivity contribution is 5.88. The highest BCUT2D eigenvalue weighted by atomic mass is 16.3. The molecule has 1 aromatic heterocycles. The molecule has 0 aliphatic carbocycles. The molecule has 2 unspecified atom stereocenters. The lowest BCUT2D eigenvalue weighted by Crippen LogP contribution is -2.50. The van der Waals surface area contributed by atoms with Crippen LogP contribution in [-0.4, -0.2) is 25.0 Å². The number of nitrogens with one attached hydrogen (secondary N) is 2. The normalized spacial score (nSPS) is 22.0. The van der Waals surface area contributed by atoms with E-state index >= 15 is 0 Å². The van der Waals surface area contributed by atoms with E-state index in [1.165, 1.54) is 11.1 Å². The van der Waals surface area contributed by atoms with Crippen molar-refractivity contribution in [3.63, 3.8) is 0 Å². The molecule has 0 saturated carbocycles. The highest BCUT2D eigenvalue weighted by Gasteiger charge is 2.23. The second kappa shape index (κ2) is 6.13. The van der Waals surface area contributed by atoms with Crippen molar-refractivity contribution in [1.82, 2.24) is 10.6 Å². The van der Waals surface area contributed by atoms with Gasteiger partial charge in [-0.15, -0.1) is 0 Å². The average Bonchev–Trinajstić information content (AvgIpc) is 2.84. The Morgan fingerprint density at radius 3 is 2.91 bits per heavy atom. The fourth-order valence-electron chi connectivity index (χ4n) is 3.09. The maximum absolute atomic E-state index is 12.3. The van der Waals surface area contributed by atoms with Crippen molar-refractivity contribution in [3.8, 4) is 0 Å². The van der Waals surface area contributed by atoms with Crippen molar-refractivity contribution in [1.29, 1.82) is 0 Å². The van der Waals surface area contributed by atoms with Crippen LogP contribution in [-0.2, 0) is 11.2 Å². The fourth-order valence-corrected chi connectivity index (χ4v) is 3.09. The molecule has 2 atom stereocenters. The van der Waals surface area contributed by atoms with Crippen molar-refractivity contribution < 1.29 is 9.21 Å². The van der Waals surface area contributed by atoms with Crippen LogP contribution in [0.2, 0.25) is 0 Å². The monoisotopic (exact) mass is 300 g/mol. The van der Waals surface area contributed by atoms with Gasteiger partial charge < -0.3 is 15.1 Å². The zero-order valence-corrected chi connectivity index (χ0v) is 13.5. The summed E-state index contributed by atoms with van der Waals surface area (Å²) in [7, 11) is 0. The molecule has 22 heavy (non-hydrogen) atoms. The molecule has 0 bridgehead atoms. The van der Waals surface area contributed by atoms with Gasteiger partial charge >= 0.3 is 0 Å². The number of benzene rings is 1. The molecule has 1 saturated heterocycles. The quantitative estimate of drug-likeness (QED) is 0.916. The molecule has 2 aromatic rings. The highest BCUT2D eigenvalue weighted by Crippen LogP contribution is 2.25. The summed E-state index contributed by atoms with van der Waals surface area (Å²) in [5, 5.41) is 7.54. The molecular weight excluding hydrogens is 276 g/mol. The van der Waals surface area contributed by atoms with Gasteiger partial charge in [0.2, 0.25) is 5.91 Å². The van der Waals surface area contributed by atoms with Gasteiger partial charge in [0.1, 0.15) is 5.58 Å². The van der Waals surface area contributed by atoms with Crippen molar-refractivity contribution in [2.45, 2.75) is 39.7 Å². The van der Waals surface area contributed by atoms with E-state index in [1.807, 2.05) is 6.07 Å². The van der Waals surface area contributed by atoms with Crippen LogP contribution in [0.4, 0.5) is 0 Å². The number of amides is 1. The summed E-state index contributed by atoms with van der Waals surface area (Å²) in [6.45, 7) is 8.25. The van der Waals surface area contributed by atoms with E-state index in [2.05, 4.69) is 37.5 Å². The summed E-state index contributed by atoms with van der Waals surface area (Å²) in [6.07, 6.45) is 3.20. The molecule has 2 heterocycles. The third-order valence-electron chi connectivity index (χ3n) is 4.79. The van der Waals surface area contributed by atoms with Gasteiger partial charge in [-0.05, 0) is 56.0 Å². The minimum absolute atomic E-state index is 0.0708. The smallest absolute Gasteiger partial charge is 0.224 e. The molecule has 0 spiro atoms. The summed E-state index contributed by atoms with van der Waals surface area (Å²) in [6, 6.07) is 4.38. The molecule has 1 aromatic carbocycles. The number of carbonyl (C=O) groups excluding carboxylic acids is 1. The zero-order chi connectivity index (χ0) is 15.7. The van der Waals surface area contributed by atoms with Crippen LogP contribution in [0.5, 0.6) is 0 Å². The molecule has 3 rings (SSSR count). The van der Waals surface area contributed by atoms with Gasteiger partial charge in [0.25, 0.3) is 0 Å². The Bertz CT molecular complexity index is 690. The number of hydrogen-bond acceptors (Lipinski definition) is 3. The summed E-state index contributed by atoms with van der Waals surface area (Å²) in [5.41, 5.74) is 4.26. The van der Waals surface area contributed by atoms with Crippen LogP contribution in [0.15, 0.2) is 22.8 Å². The fraction of sp³-hybridized carbons (Fsp3) is 0.500. The van der Waals surface area contributed by atoms with Gasteiger partial charge in [-0.3, -0.25) is 4.79 Å². The first-order chi connectivity index (χ1) is 10.5. The second-order valence-corrected chi connectivity index (χ2v) is 6.51. The largest absolute Gasteiger partial charge is 0.464 e. The van der Waals surface area contributed by atoms with Gasteiger partial charge in [0.05, 0.1) is 12.7 Å². The molecule has 4 nitrogen and oxygen atoms in total. The number of fused-ring (bicyclic) bond motifs is 1. The Kier molecular flexibility index (Phi) is 4.21. The van der Waals surface area contributed by atoms with Crippen LogP contribution >= 0.6 is 0 Å². The predicted molar refractivity (Wildman–Crippen MR) is 88.0 cm³/mol. The Morgan fingerprint density at radius 1 is 1.36 bits per heavy atom. The van der Waals surface area contributed by atoms with E-state index < -0.39 is 0 Å². The molecule has 1 aliphatic rings. The van der Waals surface area contributed by atoms with Gasteiger partial charge in [-0.1, -0.05) is 6.92 Å². The summed E-state index contributed by atoms with van der Waals surface area (Å²) >= 11 is 0. The van der Waals surface area contributed by atoms with Gasteiger partial charge in [0, 0.05) is 23.5 Å². The van der Waals surface area contributed by atoms with Crippen LogP contribution in [0.1, 0.15) is 30.0 Å². The molecule has 0 radical (unpaired) electrons. The van der Waals surface area contributed by atoms with Gasteiger partial charge in [-0.2, -0.15) is 0 Å². The Hall–Kier alpha value is -1.81. The minimum Gasteiger partial charge on any atom is -0.464 e. The maximum atomic E-state index is 12.3. The average molecular weight is 300 g/mol. The van der Waals surface area contributed by atoms with E-state index in [-0.39, 0.29) is 11.9 Å². The SMILES string of the molecule is Cc1cc2occ(CC(=O)NC3CNCCC3C)c2cc1C. The van der Waals surface area contributed by atoms with Crippen LogP contribution in [0.25, 0.3) is 11.0 Å². The van der Waals surface area contributed by atoms with E-state index in [0.717, 1.165) is 36.0 Å². The Morgan fingerprint density at radius 2 is 2.14 bits per heavy atom. The van der Waals surface area contributed by atoms with E-state index in [9.17, 15) is 4.79 Å². The van der Waals surface area contributed by atoms with Gasteiger partial charge in [0.15, 0.2) is 0 Å². The standard InChI is InChI=1S/C18H24N2O2/c1-11-4-5-19-9-16(11)20-18(21)8-14-10-22-17-7-13(3)12(2)6-15(14)17/h6-7,10-11,16,19H,4-5,8-9H2,1-3H3,(H,20,21). The van der Waals surface area contributed by atoms with Crippen molar-refractivity contribution in [3.05, 3.63) is 35.1 Å². The molecular formula is C18H24N2O2. The Labute approximate surface area is 131 Å². The maximum Gasteiger partial charge on any atom is 0.224 e. The third-order valence-corrected chi connectivity index (χ3v) is 4.79. The lowest BCUT2D eigenvalue weighted by Gasteiger charge is -2.30. The minimum atomic E-state index is 0.0708. The van der Waals surface area contributed by atoms with Crippen molar-refractivity contribution >= 4 is 16.9 Å². The first-order valence-electron chi connectivity index (χ1n) is 8.02. The van der Waals surface area contributed by atoms with Crippen LogP contribution < -0.4 is 10.6 Å². The molecule has 4 heteroatoms. The summed E-state index contributed by atoms with van der Waals surface area (Å²) in [4.78, 5) is 12.3. The lowest BCUT2D eigenvalue weighted by atomic mass is 9.94. The number of hydrogen-bond donors (Lipinski definition) is 2. The second-order valence-electron chi connectivity index (χ2n) is 6.51. The summed E-state index contributed by atoms with van der Waals surface area (Å²) < 4.78 is 5.60. The van der Waals surface area contributed by atoms with Crippen molar-refractivity contribution in [2.24, 2.45) is 5.92 Å². The Balaban J connectivity index is 1.72. The molecule has 118 valence electrons. The third kappa shape index (κ3) is 3.02. The van der Waals surface area contributed by atoms with Gasteiger partial charge in [-0.25, -0.2) is 0 Å². The zero-order valence-electron chi connectivity index (χ0n) is 13.5. The van der Waals surface area contributed by atoms with Crippen LogP contribution in [0, 0.1) is 19.8 Å². The van der Waals surface area contributed by atoms with E-state index in [4.69, 9.17) is 4.42 Å². The van der Waals surface area contributed by atoms with E-state index in [0.29, 0.717) is 12.3 Å². The number of piperidine rings is 1. The number of rotatable bonds is 3. The van der Waals surface area contributed by atoms with Crippen LogP contribution in [0.3, 0.4) is 0 Å². The van der Waals surface area contributed by atoms with Crippen molar-refractivity contribution in [2.75, 3.05) is 13.1 Å². The number of furan rings is 1. The first-order valence-corrected chi connectivity index (χ1v) is 8.02. The lowest BCUT2D eigenvalue weighted by molar-refractivity contribution is -0.121. The summed E-state index contributed by atoms with van der Waals surface area (Å²) in [5.74, 6) is 0.595. The predicted octanol–water partition coefficient (Wildman–Crippen LogP) is 2.71. The molecule has 1 amide bonds. The molecule has 2 N–H and O–H groups in total. The molecule has 1 fully saturated rings. The first kappa shape index (κ1) is 15.1. The van der Waals surface area contributed by atoms with E-state index in [1.54, 1.807) is 6.26 Å². The molecule has 1 aliphatic heterocycles.